The van der Waals surface area contributed by atoms with Crippen molar-refractivity contribution in [2.75, 3.05) is 13.2 Å². The number of carbonyl (C=O) groups excluding carboxylic acids is 1. The van der Waals surface area contributed by atoms with Crippen LogP contribution in [0.5, 0.6) is 0 Å². The van der Waals surface area contributed by atoms with Gasteiger partial charge in [-0.3, -0.25) is 4.79 Å². The summed E-state index contributed by atoms with van der Waals surface area (Å²) in [5, 5.41) is 0. The maximum Gasteiger partial charge on any atom is 0.328 e. The van der Waals surface area contributed by atoms with E-state index >= 15 is 0 Å². The first-order valence-electron chi connectivity index (χ1n) is 8.17. The molecule has 1 aliphatic rings. The molecule has 0 radical (unpaired) electrons. The highest BCUT2D eigenvalue weighted by molar-refractivity contribution is 9.11. The average Bonchev–Trinajstić information content (AvgIpc) is 2.92. The van der Waals surface area contributed by atoms with Crippen LogP contribution in [0, 0.1) is 0 Å². The van der Waals surface area contributed by atoms with E-state index in [9.17, 15) is 13.2 Å². The lowest BCUT2D eigenvalue weighted by molar-refractivity contribution is -0.160. The molecule has 0 spiro atoms. The Bertz CT molecular complexity index is 940. The van der Waals surface area contributed by atoms with E-state index in [0.717, 1.165) is 4.70 Å². The smallest absolute Gasteiger partial charge is 0.328 e. The van der Waals surface area contributed by atoms with Gasteiger partial charge in [-0.1, -0.05) is 0 Å². The van der Waals surface area contributed by atoms with Gasteiger partial charge in [-0.2, -0.15) is 0 Å². The molecule has 0 amide bonds. The Balaban J connectivity index is 2.10. The number of benzene rings is 1. The number of nitrogens with zero attached hydrogens (tertiary/aromatic N) is 1. The quantitative estimate of drug-likeness (QED) is 0.647. The molecule has 6 nitrogen and oxygen atoms in total. The van der Waals surface area contributed by atoms with Crippen molar-refractivity contribution >= 4 is 53.3 Å². The fourth-order valence-corrected chi connectivity index (χ4v) is 6.38. The van der Waals surface area contributed by atoms with Gasteiger partial charge in [0.15, 0.2) is 18.5 Å². The van der Waals surface area contributed by atoms with Crippen molar-refractivity contribution in [3.63, 3.8) is 0 Å². The summed E-state index contributed by atoms with van der Waals surface area (Å²) in [6.07, 6.45) is 0.156. The standard InChI is InChI=1S/C17H20BrNO5S2/c1-16(2,3)24-14(20)17(6-8-23-9-7-17)26(21,22)11-4-5-12-13(10-11)25-15(18)19-12/h4-5,10H,6-9H2,1-3H3. The summed E-state index contributed by atoms with van der Waals surface area (Å²) in [7, 11) is -3.97. The lowest BCUT2D eigenvalue weighted by Crippen LogP contribution is -2.53. The molecule has 0 bridgehead atoms. The number of thiazole rings is 1. The van der Waals surface area contributed by atoms with E-state index in [4.69, 9.17) is 9.47 Å². The predicted molar refractivity (Wildman–Crippen MR) is 103 cm³/mol. The molecule has 0 saturated carbocycles. The summed E-state index contributed by atoms with van der Waals surface area (Å²) in [4.78, 5) is 17.3. The number of fused-ring (bicyclic) bond motifs is 1. The van der Waals surface area contributed by atoms with E-state index in [1.54, 1.807) is 32.9 Å². The first-order valence-corrected chi connectivity index (χ1v) is 11.3. The zero-order valence-corrected chi connectivity index (χ0v) is 18.0. The van der Waals surface area contributed by atoms with Crippen molar-refractivity contribution in [1.29, 1.82) is 0 Å². The summed E-state index contributed by atoms with van der Waals surface area (Å²) in [6, 6.07) is 4.74. The molecule has 3 rings (SSSR count). The van der Waals surface area contributed by atoms with Gasteiger partial charge >= 0.3 is 5.97 Å². The molecular formula is C17H20BrNO5S2. The Morgan fingerprint density at radius 1 is 1.31 bits per heavy atom. The topological polar surface area (TPSA) is 82.6 Å². The van der Waals surface area contributed by atoms with Crippen molar-refractivity contribution in [3.8, 4) is 0 Å². The molecule has 0 aliphatic carbocycles. The van der Waals surface area contributed by atoms with Gasteiger partial charge in [0, 0.05) is 26.1 Å². The van der Waals surface area contributed by atoms with Crippen LogP contribution in [-0.4, -0.2) is 42.9 Å². The Hall–Kier alpha value is -1.03. The minimum atomic E-state index is -3.97. The molecule has 142 valence electrons. The van der Waals surface area contributed by atoms with E-state index < -0.39 is 26.2 Å². The SMILES string of the molecule is CC(C)(C)OC(=O)C1(S(=O)(=O)c2ccc3nc(Br)sc3c2)CCOCC1. The van der Waals surface area contributed by atoms with Gasteiger partial charge in [0.05, 0.1) is 15.1 Å². The normalized spacial score (nSPS) is 18.0. The Morgan fingerprint density at radius 3 is 2.58 bits per heavy atom. The number of aromatic nitrogens is 1. The highest BCUT2D eigenvalue weighted by atomic mass is 79.9. The molecule has 26 heavy (non-hydrogen) atoms. The van der Waals surface area contributed by atoms with Crippen LogP contribution in [0.25, 0.3) is 10.2 Å². The molecule has 1 fully saturated rings. The third kappa shape index (κ3) is 3.54. The zero-order valence-electron chi connectivity index (χ0n) is 14.7. The van der Waals surface area contributed by atoms with E-state index in [1.165, 1.54) is 17.4 Å². The van der Waals surface area contributed by atoms with Gasteiger partial charge < -0.3 is 9.47 Å². The monoisotopic (exact) mass is 461 g/mol. The molecule has 1 aliphatic heterocycles. The average molecular weight is 462 g/mol. The first kappa shape index (κ1) is 19.7. The van der Waals surface area contributed by atoms with E-state index in [-0.39, 0.29) is 31.0 Å². The minimum absolute atomic E-state index is 0.0780. The van der Waals surface area contributed by atoms with E-state index in [1.807, 2.05) is 0 Å². The van der Waals surface area contributed by atoms with Gasteiger partial charge in [-0.25, -0.2) is 13.4 Å². The van der Waals surface area contributed by atoms with Crippen molar-refractivity contribution < 1.29 is 22.7 Å². The third-order valence-corrected chi connectivity index (χ3v) is 8.18. The van der Waals surface area contributed by atoms with Crippen molar-refractivity contribution in [2.24, 2.45) is 0 Å². The number of hydrogen-bond acceptors (Lipinski definition) is 7. The molecule has 0 N–H and O–H groups in total. The van der Waals surface area contributed by atoms with Crippen LogP contribution >= 0.6 is 27.3 Å². The fourth-order valence-electron chi connectivity index (χ4n) is 2.92. The predicted octanol–water partition coefficient (Wildman–Crippen LogP) is 3.72. The van der Waals surface area contributed by atoms with Crippen LogP contribution in [0.4, 0.5) is 0 Å². The number of sulfone groups is 1. The van der Waals surface area contributed by atoms with E-state index in [2.05, 4.69) is 20.9 Å². The molecule has 1 aromatic heterocycles. The number of carbonyl (C=O) groups is 1. The molecule has 1 aromatic carbocycles. The second kappa shape index (κ2) is 6.85. The summed E-state index contributed by atoms with van der Waals surface area (Å²) in [5.41, 5.74) is -0.0659. The van der Waals surface area contributed by atoms with Crippen LogP contribution in [0.1, 0.15) is 33.6 Å². The van der Waals surface area contributed by atoms with Crippen molar-refractivity contribution in [2.45, 2.75) is 48.9 Å². The summed E-state index contributed by atoms with van der Waals surface area (Å²) in [6.45, 7) is 5.59. The molecule has 9 heteroatoms. The lowest BCUT2D eigenvalue weighted by Gasteiger charge is -2.36. The maximum atomic E-state index is 13.5. The van der Waals surface area contributed by atoms with Gasteiger partial charge in [0.25, 0.3) is 0 Å². The molecule has 0 unspecified atom stereocenters. The number of ether oxygens (including phenoxy) is 2. The second-order valence-electron chi connectivity index (χ2n) is 7.21. The Labute approximate surface area is 164 Å². The number of halogens is 1. The maximum absolute atomic E-state index is 13.5. The molecule has 1 saturated heterocycles. The van der Waals surface area contributed by atoms with Gasteiger partial charge in [0.1, 0.15) is 5.60 Å². The lowest BCUT2D eigenvalue weighted by atomic mass is 9.99. The number of rotatable bonds is 3. The van der Waals surface area contributed by atoms with E-state index in [0.29, 0.717) is 9.43 Å². The molecular weight excluding hydrogens is 442 g/mol. The summed E-state index contributed by atoms with van der Waals surface area (Å²) >= 11 is 4.66. The zero-order chi connectivity index (χ0) is 19.2. The van der Waals surface area contributed by atoms with Crippen LogP contribution < -0.4 is 0 Å². The van der Waals surface area contributed by atoms with Crippen LogP contribution in [0.3, 0.4) is 0 Å². The van der Waals surface area contributed by atoms with Crippen LogP contribution in [0.2, 0.25) is 0 Å². The highest BCUT2D eigenvalue weighted by Gasteiger charge is 2.54. The van der Waals surface area contributed by atoms with Crippen molar-refractivity contribution in [3.05, 3.63) is 22.1 Å². The highest BCUT2D eigenvalue weighted by Crippen LogP contribution is 2.39. The summed E-state index contributed by atoms with van der Waals surface area (Å²) in [5.74, 6) is -0.709. The van der Waals surface area contributed by atoms with Crippen LogP contribution in [-0.2, 0) is 24.1 Å². The summed E-state index contributed by atoms with van der Waals surface area (Å²) < 4.78 is 37.6. The Kier molecular flexibility index (Phi) is 5.20. The number of esters is 1. The minimum Gasteiger partial charge on any atom is -0.459 e. The fraction of sp³-hybridized carbons (Fsp3) is 0.529. The van der Waals surface area contributed by atoms with Gasteiger partial charge in [-0.15, -0.1) is 11.3 Å². The number of hydrogen-bond donors (Lipinski definition) is 0. The van der Waals surface area contributed by atoms with Gasteiger partial charge in [0.2, 0.25) is 0 Å². The third-order valence-electron chi connectivity index (χ3n) is 4.23. The largest absolute Gasteiger partial charge is 0.459 e. The van der Waals surface area contributed by atoms with Crippen LogP contribution in [0.15, 0.2) is 27.0 Å². The molecule has 2 aromatic rings. The second-order valence-corrected chi connectivity index (χ2v) is 11.8. The molecule has 2 heterocycles. The van der Waals surface area contributed by atoms with Crippen molar-refractivity contribution in [1.82, 2.24) is 4.98 Å². The molecule has 0 atom stereocenters. The van der Waals surface area contributed by atoms with Gasteiger partial charge in [-0.05, 0) is 54.9 Å². The Morgan fingerprint density at radius 2 is 1.96 bits per heavy atom. The first-order chi connectivity index (χ1) is 12.1.